The summed E-state index contributed by atoms with van der Waals surface area (Å²) in [7, 11) is -3.10. The summed E-state index contributed by atoms with van der Waals surface area (Å²) in [5.41, 5.74) is 5.69. The van der Waals surface area contributed by atoms with Crippen molar-refractivity contribution in [3.05, 3.63) is 23.7 Å². The summed E-state index contributed by atoms with van der Waals surface area (Å²) in [4.78, 5) is 0. The molecule has 1 fully saturated rings. The first kappa shape index (κ1) is 12.6. The maximum Gasteiger partial charge on any atom is 0.151 e. The Morgan fingerprint density at radius 2 is 2.35 bits per heavy atom. The van der Waals surface area contributed by atoms with Gasteiger partial charge in [-0.15, -0.1) is 0 Å². The molecule has 0 saturated carbocycles. The van der Waals surface area contributed by atoms with Crippen molar-refractivity contribution in [1.82, 2.24) is 0 Å². The molecule has 2 atom stereocenters. The lowest BCUT2D eigenvalue weighted by molar-refractivity contribution is 0.0287. The van der Waals surface area contributed by atoms with Crippen LogP contribution < -0.4 is 5.73 Å². The van der Waals surface area contributed by atoms with Crippen LogP contribution in [0.3, 0.4) is 0 Å². The normalized spacial score (nSPS) is 29.4. The van der Waals surface area contributed by atoms with E-state index in [-0.39, 0.29) is 18.1 Å². The van der Waals surface area contributed by atoms with Crippen LogP contribution >= 0.6 is 0 Å². The molecule has 96 valence electrons. The van der Waals surface area contributed by atoms with E-state index in [9.17, 15) is 13.5 Å². The molecule has 3 N–H and O–H groups in total. The molecule has 0 radical (unpaired) electrons. The third-order valence-electron chi connectivity index (χ3n) is 3.55. The highest BCUT2D eigenvalue weighted by Crippen LogP contribution is 2.43. The number of aliphatic hydroxyl groups is 1. The van der Waals surface area contributed by atoms with Crippen LogP contribution in [-0.2, 0) is 9.84 Å². The molecule has 1 saturated heterocycles. The first-order chi connectivity index (χ1) is 7.90. The zero-order valence-corrected chi connectivity index (χ0v) is 10.5. The number of sulfone groups is 1. The highest BCUT2D eigenvalue weighted by Gasteiger charge is 2.48. The van der Waals surface area contributed by atoms with Gasteiger partial charge in [-0.3, -0.25) is 0 Å². The summed E-state index contributed by atoms with van der Waals surface area (Å²) in [5.74, 6) is 0.436. The Labute approximate surface area is 101 Å². The molecule has 0 aromatic carbocycles. The van der Waals surface area contributed by atoms with Gasteiger partial charge in [0.1, 0.15) is 11.9 Å². The van der Waals surface area contributed by atoms with Crippen molar-refractivity contribution in [2.24, 2.45) is 11.1 Å². The summed E-state index contributed by atoms with van der Waals surface area (Å²) in [6, 6.07) is 1.74. The average Bonchev–Trinajstić information content (AvgIpc) is 2.82. The summed E-state index contributed by atoms with van der Waals surface area (Å²) in [6.45, 7) is 1.95. The number of hydrogen-bond donors (Lipinski definition) is 2. The van der Waals surface area contributed by atoms with E-state index in [0.717, 1.165) is 5.56 Å². The fourth-order valence-electron chi connectivity index (χ4n) is 2.37. The molecule has 1 aromatic rings. The van der Waals surface area contributed by atoms with E-state index in [1.54, 1.807) is 6.07 Å². The molecule has 6 heteroatoms. The van der Waals surface area contributed by atoms with Crippen LogP contribution in [0.25, 0.3) is 0 Å². The molecule has 0 aliphatic carbocycles. The van der Waals surface area contributed by atoms with Gasteiger partial charge in [-0.1, -0.05) is 0 Å². The van der Waals surface area contributed by atoms with Gasteiger partial charge >= 0.3 is 0 Å². The van der Waals surface area contributed by atoms with Crippen LogP contribution in [-0.4, -0.2) is 31.6 Å². The Morgan fingerprint density at radius 1 is 1.65 bits per heavy atom. The highest BCUT2D eigenvalue weighted by atomic mass is 32.2. The largest absolute Gasteiger partial charge is 0.466 e. The number of rotatable bonds is 3. The monoisotopic (exact) mass is 259 g/mol. The van der Waals surface area contributed by atoms with Crippen molar-refractivity contribution >= 4 is 9.84 Å². The third-order valence-corrected chi connectivity index (χ3v) is 5.40. The number of furan rings is 1. The Hall–Kier alpha value is -0.850. The maximum atomic E-state index is 11.6. The van der Waals surface area contributed by atoms with Crippen molar-refractivity contribution in [2.75, 3.05) is 18.1 Å². The molecule has 0 spiro atoms. The van der Waals surface area contributed by atoms with Gasteiger partial charge in [-0.05, 0) is 25.0 Å². The quantitative estimate of drug-likeness (QED) is 0.818. The summed E-state index contributed by atoms with van der Waals surface area (Å²) in [6.07, 6.45) is 0.911. The minimum atomic E-state index is -3.10. The first-order valence-corrected chi connectivity index (χ1v) is 7.35. The molecule has 1 aromatic heterocycles. The molecule has 0 amide bonds. The lowest BCUT2D eigenvalue weighted by Gasteiger charge is -2.30. The van der Waals surface area contributed by atoms with E-state index >= 15 is 0 Å². The summed E-state index contributed by atoms with van der Waals surface area (Å²) < 4.78 is 28.4. The van der Waals surface area contributed by atoms with E-state index in [0.29, 0.717) is 12.2 Å². The van der Waals surface area contributed by atoms with Crippen LogP contribution in [0.1, 0.15) is 23.8 Å². The molecule has 1 aliphatic rings. The SMILES string of the molecule is Cc1ccoc1C(O)C1(CN)CCS(=O)(=O)C1. The standard InChI is InChI=1S/C11H17NO4S/c1-8-2-4-16-9(8)10(13)11(6-12)3-5-17(14,15)7-11/h2,4,10,13H,3,5-7,12H2,1H3. The fourth-order valence-corrected chi connectivity index (χ4v) is 4.53. The summed E-state index contributed by atoms with van der Waals surface area (Å²) in [5, 5.41) is 10.3. The molecule has 17 heavy (non-hydrogen) atoms. The molecule has 5 nitrogen and oxygen atoms in total. The number of aliphatic hydroxyl groups excluding tert-OH is 1. The summed E-state index contributed by atoms with van der Waals surface area (Å²) >= 11 is 0. The Morgan fingerprint density at radius 3 is 2.76 bits per heavy atom. The van der Waals surface area contributed by atoms with Gasteiger partial charge in [0.2, 0.25) is 0 Å². The van der Waals surface area contributed by atoms with Gasteiger partial charge in [-0.2, -0.15) is 0 Å². The van der Waals surface area contributed by atoms with Crippen molar-refractivity contribution < 1.29 is 17.9 Å². The van der Waals surface area contributed by atoms with Crippen LogP contribution in [0, 0.1) is 12.3 Å². The van der Waals surface area contributed by atoms with E-state index in [2.05, 4.69) is 0 Å². The predicted molar refractivity (Wildman–Crippen MR) is 63.2 cm³/mol. The second-order valence-electron chi connectivity index (χ2n) is 4.78. The van der Waals surface area contributed by atoms with Crippen molar-refractivity contribution in [2.45, 2.75) is 19.4 Å². The van der Waals surface area contributed by atoms with Crippen LogP contribution in [0.15, 0.2) is 16.7 Å². The Balaban J connectivity index is 2.35. The van der Waals surface area contributed by atoms with E-state index in [1.807, 2.05) is 6.92 Å². The van der Waals surface area contributed by atoms with Crippen molar-refractivity contribution in [3.8, 4) is 0 Å². The maximum absolute atomic E-state index is 11.6. The molecule has 1 aliphatic heterocycles. The van der Waals surface area contributed by atoms with Gasteiger partial charge in [0, 0.05) is 12.0 Å². The molecular formula is C11H17NO4S. The third kappa shape index (κ3) is 2.12. The predicted octanol–water partition coefficient (Wildman–Crippen LogP) is 0.385. The molecule has 2 rings (SSSR count). The van der Waals surface area contributed by atoms with Gasteiger partial charge in [-0.25, -0.2) is 8.42 Å². The van der Waals surface area contributed by atoms with E-state index < -0.39 is 21.4 Å². The van der Waals surface area contributed by atoms with E-state index in [4.69, 9.17) is 10.2 Å². The van der Waals surface area contributed by atoms with Gasteiger partial charge in [0.25, 0.3) is 0 Å². The smallest absolute Gasteiger partial charge is 0.151 e. The fraction of sp³-hybridized carbons (Fsp3) is 0.636. The minimum absolute atomic E-state index is 0.0716. The van der Waals surface area contributed by atoms with Gasteiger partial charge in [0.15, 0.2) is 9.84 Å². The van der Waals surface area contributed by atoms with Gasteiger partial charge < -0.3 is 15.3 Å². The Bertz CT molecular complexity index is 507. The van der Waals surface area contributed by atoms with Crippen LogP contribution in [0.4, 0.5) is 0 Å². The zero-order valence-electron chi connectivity index (χ0n) is 9.72. The zero-order chi connectivity index (χ0) is 12.7. The first-order valence-electron chi connectivity index (χ1n) is 5.53. The second kappa shape index (κ2) is 4.12. The van der Waals surface area contributed by atoms with Crippen LogP contribution in [0.2, 0.25) is 0 Å². The van der Waals surface area contributed by atoms with Crippen molar-refractivity contribution in [3.63, 3.8) is 0 Å². The number of hydrogen-bond acceptors (Lipinski definition) is 5. The molecular weight excluding hydrogens is 242 g/mol. The molecule has 2 unspecified atom stereocenters. The minimum Gasteiger partial charge on any atom is -0.466 e. The lowest BCUT2D eigenvalue weighted by atomic mass is 9.80. The topological polar surface area (TPSA) is 93.5 Å². The van der Waals surface area contributed by atoms with Gasteiger partial charge in [0.05, 0.1) is 17.8 Å². The molecule has 0 bridgehead atoms. The van der Waals surface area contributed by atoms with Crippen molar-refractivity contribution in [1.29, 1.82) is 0 Å². The second-order valence-corrected chi connectivity index (χ2v) is 6.96. The van der Waals surface area contributed by atoms with Crippen LogP contribution in [0.5, 0.6) is 0 Å². The van der Waals surface area contributed by atoms with E-state index in [1.165, 1.54) is 6.26 Å². The molecule has 2 heterocycles. The average molecular weight is 259 g/mol. The number of nitrogens with two attached hydrogens (primary N) is 1. The lowest BCUT2D eigenvalue weighted by Crippen LogP contribution is -2.38. The highest BCUT2D eigenvalue weighted by molar-refractivity contribution is 7.91. The Kier molecular flexibility index (Phi) is 3.05. The number of aryl methyl sites for hydroxylation is 1.